The second-order valence-electron chi connectivity index (χ2n) is 3.78. The van der Waals surface area contributed by atoms with E-state index in [-0.39, 0.29) is 12.2 Å². The van der Waals surface area contributed by atoms with Crippen molar-refractivity contribution < 1.29 is 5.11 Å². The zero-order valence-corrected chi connectivity index (χ0v) is 10.2. The van der Waals surface area contributed by atoms with Crippen LogP contribution in [-0.2, 0) is 6.42 Å². The molecular formula is C12H13ClN2O2. The van der Waals surface area contributed by atoms with E-state index in [2.05, 4.69) is 5.10 Å². The van der Waals surface area contributed by atoms with E-state index in [9.17, 15) is 4.79 Å². The minimum absolute atomic E-state index is 0.0452. The van der Waals surface area contributed by atoms with Crippen molar-refractivity contribution in [1.82, 2.24) is 9.78 Å². The molecule has 1 heterocycles. The Morgan fingerprint density at radius 3 is 2.76 bits per heavy atom. The molecule has 0 saturated heterocycles. The van der Waals surface area contributed by atoms with Crippen LogP contribution in [0.2, 0.25) is 5.02 Å². The van der Waals surface area contributed by atoms with Gasteiger partial charge in [0.1, 0.15) is 0 Å². The summed E-state index contributed by atoms with van der Waals surface area (Å²) >= 11 is 6.04. The van der Waals surface area contributed by atoms with E-state index in [1.165, 1.54) is 4.68 Å². The van der Waals surface area contributed by atoms with Gasteiger partial charge in [-0.25, -0.2) is 4.68 Å². The maximum Gasteiger partial charge on any atom is 0.274 e. The molecule has 90 valence electrons. The maximum absolute atomic E-state index is 12.1. The highest BCUT2D eigenvalue weighted by molar-refractivity contribution is 6.32. The van der Waals surface area contributed by atoms with Crippen LogP contribution in [0, 0.1) is 6.92 Å². The third-order valence-corrected chi connectivity index (χ3v) is 2.97. The third kappa shape index (κ3) is 2.14. The molecule has 0 aliphatic rings. The molecule has 1 aromatic heterocycles. The first-order chi connectivity index (χ1) is 8.15. The zero-order chi connectivity index (χ0) is 12.4. The highest BCUT2D eigenvalue weighted by Gasteiger charge is 2.13. The first-order valence-corrected chi connectivity index (χ1v) is 5.69. The van der Waals surface area contributed by atoms with E-state index >= 15 is 0 Å². The molecule has 5 heteroatoms. The lowest BCUT2D eigenvalue weighted by Gasteiger charge is -2.03. The van der Waals surface area contributed by atoms with Gasteiger partial charge in [-0.1, -0.05) is 23.7 Å². The number of aliphatic hydroxyl groups is 1. The van der Waals surface area contributed by atoms with Crippen molar-refractivity contribution in [2.24, 2.45) is 0 Å². The molecule has 0 fully saturated rings. The molecule has 2 aromatic rings. The van der Waals surface area contributed by atoms with Gasteiger partial charge in [0.2, 0.25) is 0 Å². The summed E-state index contributed by atoms with van der Waals surface area (Å²) in [6.45, 7) is 1.76. The fourth-order valence-corrected chi connectivity index (χ4v) is 2.01. The largest absolute Gasteiger partial charge is 0.396 e. The molecular weight excluding hydrogens is 240 g/mol. The minimum atomic E-state index is -0.162. The van der Waals surface area contributed by atoms with Crippen LogP contribution in [0.3, 0.4) is 0 Å². The highest BCUT2D eigenvalue weighted by atomic mass is 35.5. The van der Waals surface area contributed by atoms with E-state index in [4.69, 9.17) is 16.7 Å². The second kappa shape index (κ2) is 4.77. The lowest BCUT2D eigenvalue weighted by Crippen LogP contribution is -2.18. The number of aromatic nitrogens is 2. The number of aromatic amines is 1. The van der Waals surface area contributed by atoms with Crippen LogP contribution in [0.15, 0.2) is 29.1 Å². The molecule has 0 radical (unpaired) electrons. The Labute approximate surface area is 103 Å². The van der Waals surface area contributed by atoms with Crippen molar-refractivity contribution in [1.29, 1.82) is 0 Å². The number of rotatable bonds is 3. The predicted molar refractivity (Wildman–Crippen MR) is 66.9 cm³/mol. The van der Waals surface area contributed by atoms with Crippen LogP contribution in [-0.4, -0.2) is 21.5 Å². The predicted octanol–water partition coefficient (Wildman–Crippen LogP) is 1.66. The summed E-state index contributed by atoms with van der Waals surface area (Å²) in [4.78, 5) is 12.1. The number of nitrogens with zero attached hydrogens (tertiary/aromatic N) is 1. The standard InChI is InChI=1S/C12H13ClN2O2/c1-8-9(6-7-16)12(17)15(14-8)11-5-3-2-4-10(11)13/h2-5,14,16H,6-7H2,1H3. The van der Waals surface area contributed by atoms with Crippen LogP contribution < -0.4 is 5.56 Å². The summed E-state index contributed by atoms with van der Waals surface area (Å²) in [5.41, 5.74) is 1.80. The molecule has 17 heavy (non-hydrogen) atoms. The summed E-state index contributed by atoms with van der Waals surface area (Å²) in [5.74, 6) is 0. The van der Waals surface area contributed by atoms with Crippen LogP contribution in [0.25, 0.3) is 5.69 Å². The Morgan fingerprint density at radius 2 is 2.12 bits per heavy atom. The van der Waals surface area contributed by atoms with Crippen molar-refractivity contribution in [3.63, 3.8) is 0 Å². The maximum atomic E-state index is 12.1. The van der Waals surface area contributed by atoms with Crippen molar-refractivity contribution >= 4 is 11.6 Å². The quantitative estimate of drug-likeness (QED) is 0.873. The van der Waals surface area contributed by atoms with Gasteiger partial charge in [-0.2, -0.15) is 0 Å². The van der Waals surface area contributed by atoms with Crippen LogP contribution in [0.5, 0.6) is 0 Å². The Hall–Kier alpha value is -1.52. The zero-order valence-electron chi connectivity index (χ0n) is 9.40. The third-order valence-electron chi connectivity index (χ3n) is 2.65. The number of hydrogen-bond donors (Lipinski definition) is 2. The van der Waals surface area contributed by atoms with Crippen molar-refractivity contribution in [3.05, 3.63) is 50.9 Å². The summed E-state index contributed by atoms with van der Waals surface area (Å²) in [6.07, 6.45) is 0.346. The molecule has 0 unspecified atom stereocenters. The fourth-order valence-electron chi connectivity index (χ4n) is 1.79. The number of halogens is 1. The van der Waals surface area contributed by atoms with Crippen molar-refractivity contribution in [2.45, 2.75) is 13.3 Å². The molecule has 0 aliphatic heterocycles. The van der Waals surface area contributed by atoms with Crippen molar-refractivity contribution in [2.75, 3.05) is 6.61 Å². The van der Waals surface area contributed by atoms with Crippen LogP contribution >= 0.6 is 11.6 Å². The first kappa shape index (κ1) is 12.0. The number of aliphatic hydroxyl groups excluding tert-OH is 1. The Balaban J connectivity index is 2.58. The Morgan fingerprint density at radius 1 is 1.41 bits per heavy atom. The normalized spacial score (nSPS) is 10.8. The summed E-state index contributed by atoms with van der Waals surface area (Å²) in [5, 5.41) is 12.4. The van der Waals surface area contributed by atoms with Gasteiger partial charge in [0, 0.05) is 24.3 Å². The molecule has 0 amide bonds. The molecule has 2 N–H and O–H groups in total. The topological polar surface area (TPSA) is 58.0 Å². The number of H-pyrrole nitrogens is 1. The summed E-state index contributed by atoms with van der Waals surface area (Å²) in [7, 11) is 0. The molecule has 0 saturated carbocycles. The number of para-hydroxylation sites is 1. The van der Waals surface area contributed by atoms with Gasteiger partial charge >= 0.3 is 0 Å². The Bertz CT molecular complexity index is 586. The number of benzene rings is 1. The lowest BCUT2D eigenvalue weighted by molar-refractivity contribution is 0.299. The van der Waals surface area contributed by atoms with Crippen LogP contribution in [0.1, 0.15) is 11.3 Å². The molecule has 0 bridgehead atoms. The smallest absolute Gasteiger partial charge is 0.274 e. The van der Waals surface area contributed by atoms with Gasteiger partial charge in [0.05, 0.1) is 10.7 Å². The Kier molecular flexibility index (Phi) is 3.36. The van der Waals surface area contributed by atoms with Gasteiger partial charge in [0.15, 0.2) is 0 Å². The average molecular weight is 253 g/mol. The van der Waals surface area contributed by atoms with E-state index in [1.807, 2.05) is 6.07 Å². The molecule has 0 aliphatic carbocycles. The number of aryl methyl sites for hydroxylation is 1. The van der Waals surface area contributed by atoms with Crippen LogP contribution in [0.4, 0.5) is 0 Å². The van der Waals surface area contributed by atoms with E-state index in [0.29, 0.717) is 22.7 Å². The number of hydrogen-bond acceptors (Lipinski definition) is 2. The van der Waals surface area contributed by atoms with E-state index in [0.717, 1.165) is 5.69 Å². The fraction of sp³-hybridized carbons (Fsp3) is 0.250. The van der Waals surface area contributed by atoms with E-state index < -0.39 is 0 Å². The summed E-state index contributed by atoms with van der Waals surface area (Å²) in [6, 6.07) is 7.12. The monoisotopic (exact) mass is 252 g/mol. The summed E-state index contributed by atoms with van der Waals surface area (Å²) < 4.78 is 1.41. The van der Waals surface area contributed by atoms with Crippen molar-refractivity contribution in [3.8, 4) is 5.69 Å². The van der Waals surface area contributed by atoms with Gasteiger partial charge in [0.25, 0.3) is 5.56 Å². The minimum Gasteiger partial charge on any atom is -0.396 e. The molecule has 2 rings (SSSR count). The first-order valence-electron chi connectivity index (χ1n) is 5.31. The lowest BCUT2D eigenvalue weighted by atomic mass is 10.2. The molecule has 4 nitrogen and oxygen atoms in total. The second-order valence-corrected chi connectivity index (χ2v) is 4.19. The van der Waals surface area contributed by atoms with Gasteiger partial charge in [-0.15, -0.1) is 0 Å². The van der Waals surface area contributed by atoms with Gasteiger partial charge in [-0.05, 0) is 19.1 Å². The van der Waals surface area contributed by atoms with Gasteiger partial charge in [-0.3, -0.25) is 9.89 Å². The average Bonchev–Trinajstić information content (AvgIpc) is 2.58. The van der Waals surface area contributed by atoms with Gasteiger partial charge < -0.3 is 5.11 Å². The van der Waals surface area contributed by atoms with E-state index in [1.54, 1.807) is 25.1 Å². The molecule has 0 spiro atoms. The molecule has 0 atom stereocenters. The SMILES string of the molecule is Cc1[nH]n(-c2ccccc2Cl)c(=O)c1CCO. The molecule has 1 aromatic carbocycles. The highest BCUT2D eigenvalue weighted by Crippen LogP contribution is 2.18. The number of nitrogens with one attached hydrogen (secondary N) is 1.